The number of nitrogens with two attached hydrogens (primary N) is 1. The number of rotatable bonds is 3. The fraction of sp³-hybridized carbons (Fsp3) is 0.250. The fourth-order valence-electron chi connectivity index (χ4n) is 1.76. The minimum Gasteiger partial charge on any atom is -0.330 e. The summed E-state index contributed by atoms with van der Waals surface area (Å²) in [5.74, 6) is 1.01. The van der Waals surface area contributed by atoms with E-state index in [1.165, 1.54) is 5.56 Å². The molecule has 84 valence electrons. The van der Waals surface area contributed by atoms with Crippen LogP contribution in [0.1, 0.15) is 11.4 Å². The number of benzene rings is 1. The highest BCUT2D eigenvalue weighted by atomic mass is 79.9. The first kappa shape index (κ1) is 11.4. The summed E-state index contributed by atoms with van der Waals surface area (Å²) in [6.45, 7) is 2.71. The second-order valence-corrected chi connectivity index (χ2v) is 4.60. The van der Waals surface area contributed by atoms with Gasteiger partial charge in [0.05, 0.1) is 0 Å². The van der Waals surface area contributed by atoms with Crippen molar-refractivity contribution in [1.29, 1.82) is 0 Å². The summed E-state index contributed by atoms with van der Waals surface area (Å²) in [6.07, 6.45) is 4.58. The van der Waals surface area contributed by atoms with Gasteiger partial charge in [-0.15, -0.1) is 0 Å². The zero-order valence-corrected chi connectivity index (χ0v) is 10.7. The van der Waals surface area contributed by atoms with Crippen molar-refractivity contribution in [1.82, 2.24) is 9.55 Å². The average molecular weight is 280 g/mol. The van der Waals surface area contributed by atoms with Crippen molar-refractivity contribution in [3.8, 4) is 5.69 Å². The Bertz CT molecular complexity index is 491. The predicted octanol–water partition coefficient (Wildman–Crippen LogP) is 2.44. The normalized spacial score (nSPS) is 10.7. The van der Waals surface area contributed by atoms with Crippen LogP contribution in [0.3, 0.4) is 0 Å². The molecule has 2 aromatic rings. The minimum absolute atomic E-state index is 0.618. The van der Waals surface area contributed by atoms with Crippen LogP contribution in [0.5, 0.6) is 0 Å². The maximum absolute atomic E-state index is 5.57. The fourth-order valence-corrected chi connectivity index (χ4v) is 2.23. The van der Waals surface area contributed by atoms with E-state index in [0.717, 1.165) is 22.4 Å². The molecular weight excluding hydrogens is 266 g/mol. The van der Waals surface area contributed by atoms with E-state index in [9.17, 15) is 0 Å². The van der Waals surface area contributed by atoms with Gasteiger partial charge in [0.1, 0.15) is 5.82 Å². The van der Waals surface area contributed by atoms with Gasteiger partial charge >= 0.3 is 0 Å². The molecule has 1 aromatic carbocycles. The molecule has 0 atom stereocenters. The van der Waals surface area contributed by atoms with Crippen LogP contribution < -0.4 is 5.73 Å². The van der Waals surface area contributed by atoms with E-state index >= 15 is 0 Å². The Labute approximate surface area is 103 Å². The third kappa shape index (κ3) is 2.18. The smallest absolute Gasteiger partial charge is 0.114 e. The summed E-state index contributed by atoms with van der Waals surface area (Å²) in [5, 5.41) is 0. The molecule has 0 spiro atoms. The number of nitrogens with zero attached hydrogens (tertiary/aromatic N) is 2. The Morgan fingerprint density at radius 2 is 2.25 bits per heavy atom. The molecule has 2 N–H and O–H groups in total. The van der Waals surface area contributed by atoms with Gasteiger partial charge in [0.2, 0.25) is 0 Å². The van der Waals surface area contributed by atoms with E-state index < -0.39 is 0 Å². The number of hydrogen-bond acceptors (Lipinski definition) is 2. The lowest BCUT2D eigenvalue weighted by molar-refractivity contribution is 0.834. The van der Waals surface area contributed by atoms with Crippen LogP contribution in [0, 0.1) is 6.92 Å². The molecule has 0 aliphatic rings. The molecule has 0 unspecified atom stereocenters. The molecule has 0 aliphatic carbocycles. The number of hydrogen-bond donors (Lipinski definition) is 1. The Morgan fingerprint density at radius 1 is 1.44 bits per heavy atom. The van der Waals surface area contributed by atoms with Crippen LogP contribution in [0.2, 0.25) is 0 Å². The first-order chi connectivity index (χ1) is 7.72. The topological polar surface area (TPSA) is 43.8 Å². The summed E-state index contributed by atoms with van der Waals surface area (Å²) in [6, 6.07) is 6.22. The average Bonchev–Trinajstić information content (AvgIpc) is 2.67. The van der Waals surface area contributed by atoms with E-state index in [2.05, 4.69) is 44.5 Å². The van der Waals surface area contributed by atoms with Crippen LogP contribution >= 0.6 is 15.9 Å². The molecule has 0 saturated carbocycles. The third-order valence-corrected chi connectivity index (χ3v) is 3.00. The molecule has 0 saturated heterocycles. The van der Waals surface area contributed by atoms with E-state index in [-0.39, 0.29) is 0 Å². The molecular formula is C12H14BrN3. The quantitative estimate of drug-likeness (QED) is 0.938. The highest BCUT2D eigenvalue weighted by molar-refractivity contribution is 9.10. The molecule has 1 heterocycles. The molecule has 0 amide bonds. The summed E-state index contributed by atoms with van der Waals surface area (Å²) < 4.78 is 3.18. The lowest BCUT2D eigenvalue weighted by atomic mass is 10.2. The van der Waals surface area contributed by atoms with Crippen molar-refractivity contribution >= 4 is 15.9 Å². The Morgan fingerprint density at radius 3 is 2.94 bits per heavy atom. The standard InChI is InChI=1S/C12H14BrN3/c1-9-8-10(13)2-3-11(9)16-7-6-15-12(16)4-5-14/h2-3,6-8H,4-5,14H2,1H3. The Hall–Kier alpha value is -1.13. The van der Waals surface area contributed by atoms with Crippen molar-refractivity contribution in [2.45, 2.75) is 13.3 Å². The van der Waals surface area contributed by atoms with Crippen LogP contribution in [-0.2, 0) is 6.42 Å². The summed E-state index contributed by atoms with van der Waals surface area (Å²) in [4.78, 5) is 4.32. The maximum Gasteiger partial charge on any atom is 0.114 e. The number of halogens is 1. The van der Waals surface area contributed by atoms with Gasteiger partial charge in [0.25, 0.3) is 0 Å². The lowest BCUT2D eigenvalue weighted by Gasteiger charge is -2.10. The molecule has 4 heteroatoms. The van der Waals surface area contributed by atoms with Crippen molar-refractivity contribution in [3.63, 3.8) is 0 Å². The number of aromatic nitrogens is 2. The van der Waals surface area contributed by atoms with E-state index in [1.54, 1.807) is 0 Å². The SMILES string of the molecule is Cc1cc(Br)ccc1-n1ccnc1CCN. The zero-order chi connectivity index (χ0) is 11.5. The molecule has 0 bridgehead atoms. The highest BCUT2D eigenvalue weighted by Gasteiger charge is 2.06. The summed E-state index contributed by atoms with van der Waals surface area (Å²) >= 11 is 3.46. The number of aryl methyl sites for hydroxylation is 1. The van der Waals surface area contributed by atoms with Crippen molar-refractivity contribution in [3.05, 3.63) is 46.5 Å². The Balaban J connectivity index is 2.46. The second kappa shape index (κ2) is 4.80. The van der Waals surface area contributed by atoms with Crippen molar-refractivity contribution in [2.24, 2.45) is 5.73 Å². The summed E-state index contributed by atoms with van der Waals surface area (Å²) in [5.41, 5.74) is 7.94. The molecule has 1 aromatic heterocycles. The molecule has 2 rings (SSSR count). The van der Waals surface area contributed by atoms with Gasteiger partial charge in [-0.3, -0.25) is 0 Å². The molecule has 0 fully saturated rings. The van der Waals surface area contributed by atoms with E-state index in [4.69, 9.17) is 5.73 Å². The third-order valence-electron chi connectivity index (χ3n) is 2.50. The zero-order valence-electron chi connectivity index (χ0n) is 9.15. The molecule has 0 aliphatic heterocycles. The second-order valence-electron chi connectivity index (χ2n) is 3.68. The van der Waals surface area contributed by atoms with Crippen LogP contribution in [0.15, 0.2) is 35.1 Å². The van der Waals surface area contributed by atoms with Crippen LogP contribution in [0.25, 0.3) is 5.69 Å². The molecule has 3 nitrogen and oxygen atoms in total. The lowest BCUT2D eigenvalue weighted by Crippen LogP contribution is -2.09. The van der Waals surface area contributed by atoms with Gasteiger partial charge in [-0.05, 0) is 37.2 Å². The van der Waals surface area contributed by atoms with Gasteiger partial charge in [-0.1, -0.05) is 15.9 Å². The largest absolute Gasteiger partial charge is 0.330 e. The van der Waals surface area contributed by atoms with Gasteiger partial charge < -0.3 is 10.3 Å². The maximum atomic E-state index is 5.57. The number of imidazole rings is 1. The van der Waals surface area contributed by atoms with Gasteiger partial charge in [-0.25, -0.2) is 4.98 Å². The van der Waals surface area contributed by atoms with Crippen molar-refractivity contribution in [2.75, 3.05) is 6.54 Å². The monoisotopic (exact) mass is 279 g/mol. The molecule has 16 heavy (non-hydrogen) atoms. The van der Waals surface area contributed by atoms with Crippen molar-refractivity contribution < 1.29 is 0 Å². The minimum atomic E-state index is 0.618. The van der Waals surface area contributed by atoms with E-state index in [1.807, 2.05) is 18.5 Å². The predicted molar refractivity (Wildman–Crippen MR) is 68.8 cm³/mol. The van der Waals surface area contributed by atoms with Gasteiger partial charge in [-0.2, -0.15) is 0 Å². The first-order valence-electron chi connectivity index (χ1n) is 5.21. The van der Waals surface area contributed by atoms with Crippen LogP contribution in [0.4, 0.5) is 0 Å². The summed E-state index contributed by atoms with van der Waals surface area (Å²) in [7, 11) is 0. The highest BCUT2D eigenvalue weighted by Crippen LogP contribution is 2.20. The van der Waals surface area contributed by atoms with Crippen LogP contribution in [-0.4, -0.2) is 16.1 Å². The first-order valence-corrected chi connectivity index (χ1v) is 6.00. The van der Waals surface area contributed by atoms with Gasteiger partial charge in [0.15, 0.2) is 0 Å². The van der Waals surface area contributed by atoms with E-state index in [0.29, 0.717) is 6.54 Å². The molecule has 0 radical (unpaired) electrons. The Kier molecular flexibility index (Phi) is 3.41. The van der Waals surface area contributed by atoms with Gasteiger partial charge in [0, 0.05) is 29.0 Å².